The average Bonchev–Trinajstić information content (AvgIpc) is 3.33. The molecular weight excluding hydrogens is 362 g/mol. The molecule has 122 valence electrons. The highest BCUT2D eigenvalue weighted by molar-refractivity contribution is 8.00. The second-order valence-electron chi connectivity index (χ2n) is 5.65. The van der Waals surface area contributed by atoms with E-state index in [2.05, 4.69) is 15.5 Å². The number of anilines is 1. The number of hydrogen-bond donors (Lipinski definition) is 1. The van der Waals surface area contributed by atoms with E-state index in [0.29, 0.717) is 21.8 Å². The Labute approximate surface area is 152 Å². The first-order chi connectivity index (χ1) is 11.7. The van der Waals surface area contributed by atoms with Crippen LogP contribution in [0.5, 0.6) is 0 Å². The number of benzene rings is 2. The molecule has 0 bridgehead atoms. The van der Waals surface area contributed by atoms with Crippen molar-refractivity contribution in [1.29, 1.82) is 0 Å². The molecule has 24 heavy (non-hydrogen) atoms. The zero-order chi connectivity index (χ0) is 16.5. The van der Waals surface area contributed by atoms with Gasteiger partial charge in [-0.05, 0) is 30.4 Å². The molecular formula is C17H14ClN3OS2. The van der Waals surface area contributed by atoms with Crippen LogP contribution in [0.4, 0.5) is 5.13 Å². The number of hydrogen-bond acceptors (Lipinski definition) is 5. The van der Waals surface area contributed by atoms with Crippen LogP contribution >= 0.6 is 34.7 Å². The number of nitrogens with one attached hydrogen (secondary N) is 1. The lowest BCUT2D eigenvalue weighted by Gasteiger charge is -2.07. The van der Waals surface area contributed by atoms with Gasteiger partial charge < -0.3 is 0 Å². The molecule has 0 spiro atoms. The lowest BCUT2D eigenvalue weighted by Crippen LogP contribution is -2.13. The molecule has 1 saturated carbocycles. The van der Waals surface area contributed by atoms with Crippen LogP contribution < -0.4 is 5.32 Å². The number of thioether (sulfide) groups is 1. The molecule has 0 radical (unpaired) electrons. The second kappa shape index (κ2) is 6.70. The Bertz CT molecular complexity index is 902. The number of rotatable bonds is 5. The van der Waals surface area contributed by atoms with Crippen molar-refractivity contribution < 1.29 is 4.79 Å². The summed E-state index contributed by atoms with van der Waals surface area (Å²) in [5, 5.41) is 15.4. The Morgan fingerprint density at radius 3 is 2.83 bits per heavy atom. The normalized spacial score (nSPS) is 14.0. The van der Waals surface area contributed by atoms with E-state index in [1.165, 1.54) is 35.9 Å². The zero-order valence-corrected chi connectivity index (χ0v) is 15.0. The monoisotopic (exact) mass is 375 g/mol. The summed E-state index contributed by atoms with van der Waals surface area (Å²) in [5.74, 6) is 0.783. The van der Waals surface area contributed by atoms with E-state index >= 15 is 0 Å². The lowest BCUT2D eigenvalue weighted by atomic mass is 10.1. The third kappa shape index (κ3) is 3.41. The predicted molar refractivity (Wildman–Crippen MR) is 100 cm³/mol. The summed E-state index contributed by atoms with van der Waals surface area (Å²) < 4.78 is 0. The first-order valence-corrected chi connectivity index (χ1v) is 9.82. The standard InChI is InChI=1S/C17H14ClN3OS2/c18-12-5-1-3-10-4-2-6-13(15(10)12)23-9-14(22)19-17-21-20-16(24-17)11-7-8-11/h1-6,11H,7-9H2,(H,19,21,22). The molecule has 1 heterocycles. The molecule has 4 rings (SSSR count). The van der Waals surface area contributed by atoms with E-state index in [4.69, 9.17) is 11.6 Å². The molecule has 0 saturated heterocycles. The summed E-state index contributed by atoms with van der Waals surface area (Å²) in [6, 6.07) is 11.8. The van der Waals surface area contributed by atoms with Gasteiger partial charge in [0.15, 0.2) is 0 Å². The third-order valence-corrected chi connectivity index (χ3v) is 6.16. The average molecular weight is 376 g/mol. The van der Waals surface area contributed by atoms with E-state index in [1.54, 1.807) is 0 Å². The molecule has 3 aromatic rings. The largest absolute Gasteiger partial charge is 0.300 e. The van der Waals surface area contributed by atoms with Gasteiger partial charge in [0.05, 0.1) is 5.75 Å². The van der Waals surface area contributed by atoms with Crippen molar-refractivity contribution in [3.8, 4) is 0 Å². The van der Waals surface area contributed by atoms with Crippen LogP contribution in [0.15, 0.2) is 41.3 Å². The molecule has 1 aliphatic rings. The van der Waals surface area contributed by atoms with E-state index < -0.39 is 0 Å². The highest BCUT2D eigenvalue weighted by Gasteiger charge is 2.27. The van der Waals surface area contributed by atoms with Gasteiger partial charge in [0.2, 0.25) is 11.0 Å². The number of halogens is 1. The minimum Gasteiger partial charge on any atom is -0.300 e. The van der Waals surface area contributed by atoms with E-state index in [0.717, 1.165) is 20.7 Å². The summed E-state index contributed by atoms with van der Waals surface area (Å²) in [7, 11) is 0. The van der Waals surface area contributed by atoms with E-state index in [9.17, 15) is 4.79 Å². The van der Waals surface area contributed by atoms with Crippen molar-refractivity contribution in [3.63, 3.8) is 0 Å². The molecule has 1 fully saturated rings. The van der Waals surface area contributed by atoms with Gasteiger partial charge in [-0.3, -0.25) is 10.1 Å². The summed E-state index contributed by atoms with van der Waals surface area (Å²) in [4.78, 5) is 13.2. The van der Waals surface area contributed by atoms with E-state index in [1.807, 2.05) is 36.4 Å². The lowest BCUT2D eigenvalue weighted by molar-refractivity contribution is -0.113. The van der Waals surface area contributed by atoms with E-state index in [-0.39, 0.29) is 5.91 Å². The molecule has 1 aromatic heterocycles. The zero-order valence-electron chi connectivity index (χ0n) is 12.7. The Hall–Kier alpha value is -1.63. The van der Waals surface area contributed by atoms with Gasteiger partial charge in [-0.15, -0.1) is 22.0 Å². The highest BCUT2D eigenvalue weighted by Crippen LogP contribution is 2.42. The van der Waals surface area contributed by atoms with Crippen LogP contribution in [0, 0.1) is 0 Å². The predicted octanol–water partition coefficient (Wildman–Crippen LogP) is 4.95. The van der Waals surface area contributed by atoms with Crippen molar-refractivity contribution in [1.82, 2.24) is 10.2 Å². The minimum atomic E-state index is -0.0810. The summed E-state index contributed by atoms with van der Waals surface area (Å²) >= 11 is 9.27. The molecule has 7 heteroatoms. The maximum Gasteiger partial charge on any atom is 0.236 e. The molecule has 1 amide bonds. The van der Waals surface area contributed by atoms with Gasteiger partial charge in [0.25, 0.3) is 0 Å². The topological polar surface area (TPSA) is 54.9 Å². The Morgan fingerprint density at radius 1 is 1.25 bits per heavy atom. The number of carbonyl (C=O) groups excluding carboxylic acids is 1. The number of aromatic nitrogens is 2. The van der Waals surface area contributed by atoms with Crippen LogP contribution in [0.1, 0.15) is 23.8 Å². The van der Waals surface area contributed by atoms with Crippen molar-refractivity contribution in [3.05, 3.63) is 46.4 Å². The van der Waals surface area contributed by atoms with Crippen molar-refractivity contribution in [2.24, 2.45) is 0 Å². The van der Waals surface area contributed by atoms with Crippen molar-refractivity contribution in [2.45, 2.75) is 23.7 Å². The van der Waals surface area contributed by atoms with Gasteiger partial charge in [0.1, 0.15) is 5.01 Å². The van der Waals surface area contributed by atoms with Crippen LogP contribution in [-0.2, 0) is 4.79 Å². The third-order valence-electron chi connectivity index (χ3n) is 3.79. The first kappa shape index (κ1) is 15.9. The maximum absolute atomic E-state index is 12.2. The van der Waals surface area contributed by atoms with Gasteiger partial charge in [-0.1, -0.05) is 47.2 Å². The smallest absolute Gasteiger partial charge is 0.236 e. The second-order valence-corrected chi connectivity index (χ2v) is 8.08. The molecule has 2 aromatic carbocycles. The quantitative estimate of drug-likeness (QED) is 0.641. The Balaban J connectivity index is 1.43. The number of amides is 1. The van der Waals surface area contributed by atoms with Crippen LogP contribution in [0.3, 0.4) is 0 Å². The number of carbonyl (C=O) groups is 1. The number of nitrogens with zero attached hydrogens (tertiary/aromatic N) is 2. The van der Waals surface area contributed by atoms with Crippen molar-refractivity contribution >= 4 is 56.5 Å². The summed E-state index contributed by atoms with van der Waals surface area (Å²) in [6.45, 7) is 0. The fourth-order valence-corrected chi connectivity index (χ4v) is 4.64. The fourth-order valence-electron chi connectivity index (χ4n) is 2.46. The van der Waals surface area contributed by atoms with Crippen LogP contribution in [-0.4, -0.2) is 21.9 Å². The Morgan fingerprint density at radius 2 is 2.04 bits per heavy atom. The SMILES string of the molecule is O=C(CSc1cccc2cccc(Cl)c12)Nc1nnc(C2CC2)s1. The molecule has 0 unspecified atom stereocenters. The molecule has 4 nitrogen and oxygen atoms in total. The first-order valence-electron chi connectivity index (χ1n) is 7.64. The number of fused-ring (bicyclic) bond motifs is 1. The van der Waals surface area contributed by atoms with Gasteiger partial charge in [0, 0.05) is 21.2 Å². The molecule has 1 aliphatic carbocycles. The minimum absolute atomic E-state index is 0.0810. The van der Waals surface area contributed by atoms with Crippen LogP contribution in [0.2, 0.25) is 5.02 Å². The van der Waals surface area contributed by atoms with Crippen LogP contribution in [0.25, 0.3) is 10.8 Å². The summed E-state index contributed by atoms with van der Waals surface area (Å²) in [5.41, 5.74) is 0. The maximum atomic E-state index is 12.2. The Kier molecular flexibility index (Phi) is 4.43. The highest BCUT2D eigenvalue weighted by atomic mass is 35.5. The molecule has 0 aliphatic heterocycles. The van der Waals surface area contributed by atoms with Crippen molar-refractivity contribution in [2.75, 3.05) is 11.1 Å². The van der Waals surface area contributed by atoms with Gasteiger partial charge >= 0.3 is 0 Å². The summed E-state index contributed by atoms with van der Waals surface area (Å²) in [6.07, 6.45) is 2.36. The van der Waals surface area contributed by atoms with Gasteiger partial charge in [-0.25, -0.2) is 0 Å². The van der Waals surface area contributed by atoms with Gasteiger partial charge in [-0.2, -0.15) is 0 Å². The molecule has 1 N–H and O–H groups in total. The molecule has 0 atom stereocenters. The fraction of sp³-hybridized carbons (Fsp3) is 0.235.